The Hall–Kier alpha value is -1.94. The summed E-state index contributed by atoms with van der Waals surface area (Å²) in [5.41, 5.74) is 8.45. The molecule has 2 N–H and O–H groups in total. The molecule has 0 amide bonds. The molecule has 0 aliphatic heterocycles. The van der Waals surface area contributed by atoms with Crippen LogP contribution in [0.2, 0.25) is 0 Å². The monoisotopic (exact) mass is 243 g/mol. The van der Waals surface area contributed by atoms with E-state index in [2.05, 4.69) is 16.9 Å². The van der Waals surface area contributed by atoms with Crippen LogP contribution in [0.25, 0.3) is 0 Å². The normalized spacial score (nSPS) is 10.4. The minimum atomic E-state index is 0.486. The summed E-state index contributed by atoms with van der Waals surface area (Å²) in [5, 5.41) is 0. The Morgan fingerprint density at radius 1 is 1.22 bits per heavy atom. The van der Waals surface area contributed by atoms with E-state index < -0.39 is 0 Å². The van der Waals surface area contributed by atoms with Crippen LogP contribution in [0.3, 0.4) is 0 Å². The van der Waals surface area contributed by atoms with Gasteiger partial charge >= 0.3 is 0 Å². The fourth-order valence-electron chi connectivity index (χ4n) is 1.65. The largest absolute Gasteiger partial charge is 0.437 e. The Kier molecular flexibility index (Phi) is 3.89. The number of hydrogen-bond donors (Lipinski definition) is 1. The van der Waals surface area contributed by atoms with E-state index in [4.69, 9.17) is 10.5 Å². The zero-order chi connectivity index (χ0) is 13.0. The third kappa shape index (κ3) is 2.84. The predicted molar refractivity (Wildman–Crippen MR) is 70.6 cm³/mol. The number of aryl methyl sites for hydroxylation is 2. The number of ether oxygens (including phenoxy) is 1. The summed E-state index contributed by atoms with van der Waals surface area (Å²) in [7, 11) is 0. The average Bonchev–Trinajstić information content (AvgIpc) is 2.41. The van der Waals surface area contributed by atoms with Crippen molar-refractivity contribution in [1.29, 1.82) is 0 Å². The maximum atomic E-state index is 5.74. The molecule has 2 rings (SSSR count). The van der Waals surface area contributed by atoms with Crippen molar-refractivity contribution in [3.8, 4) is 11.6 Å². The van der Waals surface area contributed by atoms with Gasteiger partial charge in [-0.2, -0.15) is 0 Å². The van der Waals surface area contributed by atoms with E-state index in [1.165, 1.54) is 0 Å². The van der Waals surface area contributed by atoms with Crippen LogP contribution in [-0.2, 0) is 13.0 Å². The molecule has 2 aromatic rings. The van der Waals surface area contributed by atoms with Crippen LogP contribution in [0.5, 0.6) is 11.6 Å². The molecule has 0 spiro atoms. The number of aromatic nitrogens is 2. The van der Waals surface area contributed by atoms with Gasteiger partial charge in [0, 0.05) is 24.5 Å². The van der Waals surface area contributed by atoms with E-state index in [1.807, 2.05) is 31.2 Å². The van der Waals surface area contributed by atoms with Gasteiger partial charge in [0.1, 0.15) is 0 Å². The lowest BCUT2D eigenvalue weighted by Crippen LogP contribution is -1.99. The standard InChI is InChI=1S/C14H17N3O/c1-3-12-13(6-4-10(2)17-12)18-14-7-5-11(8-15)9-16-14/h4-7,9H,3,8,15H2,1-2H3. The molecule has 0 bridgehead atoms. The van der Waals surface area contributed by atoms with E-state index in [0.29, 0.717) is 12.4 Å². The van der Waals surface area contributed by atoms with Gasteiger partial charge in [0.25, 0.3) is 0 Å². The van der Waals surface area contributed by atoms with Crippen molar-refractivity contribution < 1.29 is 4.74 Å². The third-order valence-corrected chi connectivity index (χ3v) is 2.65. The Bertz CT molecular complexity index is 523. The first kappa shape index (κ1) is 12.5. The molecule has 0 unspecified atom stereocenters. The lowest BCUT2D eigenvalue weighted by Gasteiger charge is -2.09. The van der Waals surface area contributed by atoms with Crippen molar-refractivity contribution in [1.82, 2.24) is 9.97 Å². The van der Waals surface area contributed by atoms with Crippen LogP contribution in [-0.4, -0.2) is 9.97 Å². The van der Waals surface area contributed by atoms with Gasteiger partial charge in [0.05, 0.1) is 5.69 Å². The Balaban J connectivity index is 2.22. The molecule has 0 saturated heterocycles. The second-order valence-corrected chi connectivity index (χ2v) is 4.06. The Morgan fingerprint density at radius 2 is 2.06 bits per heavy atom. The topological polar surface area (TPSA) is 61.0 Å². The predicted octanol–water partition coefficient (Wildman–Crippen LogP) is 2.60. The number of hydrogen-bond acceptors (Lipinski definition) is 4. The average molecular weight is 243 g/mol. The summed E-state index contributed by atoms with van der Waals surface area (Å²) in [6, 6.07) is 7.60. The first-order valence-corrected chi connectivity index (χ1v) is 6.02. The summed E-state index contributed by atoms with van der Waals surface area (Å²) in [6.45, 7) is 4.51. The number of nitrogens with zero attached hydrogens (tertiary/aromatic N) is 2. The SMILES string of the molecule is CCc1nc(C)ccc1Oc1ccc(CN)cn1. The fraction of sp³-hybridized carbons (Fsp3) is 0.286. The number of nitrogens with two attached hydrogens (primary N) is 1. The van der Waals surface area contributed by atoms with E-state index in [1.54, 1.807) is 6.20 Å². The lowest BCUT2D eigenvalue weighted by atomic mass is 10.2. The van der Waals surface area contributed by atoms with Crippen LogP contribution >= 0.6 is 0 Å². The second-order valence-electron chi connectivity index (χ2n) is 4.06. The zero-order valence-electron chi connectivity index (χ0n) is 10.7. The lowest BCUT2D eigenvalue weighted by molar-refractivity contribution is 0.453. The van der Waals surface area contributed by atoms with Crippen LogP contribution in [0.1, 0.15) is 23.9 Å². The highest BCUT2D eigenvalue weighted by molar-refractivity contribution is 5.33. The molecule has 94 valence electrons. The van der Waals surface area contributed by atoms with E-state index in [-0.39, 0.29) is 0 Å². The number of pyridine rings is 2. The maximum absolute atomic E-state index is 5.74. The van der Waals surface area contributed by atoms with Gasteiger partial charge in [0.2, 0.25) is 5.88 Å². The van der Waals surface area contributed by atoms with Gasteiger partial charge in [-0.1, -0.05) is 13.0 Å². The highest BCUT2D eigenvalue weighted by Gasteiger charge is 2.06. The number of rotatable bonds is 4. The first-order valence-electron chi connectivity index (χ1n) is 6.02. The Labute approximate surface area is 107 Å². The Morgan fingerprint density at radius 3 is 2.67 bits per heavy atom. The fourth-order valence-corrected chi connectivity index (χ4v) is 1.65. The van der Waals surface area contributed by atoms with Crippen molar-refractivity contribution in [2.75, 3.05) is 0 Å². The highest BCUT2D eigenvalue weighted by Crippen LogP contribution is 2.23. The summed E-state index contributed by atoms with van der Waals surface area (Å²) in [4.78, 5) is 8.66. The van der Waals surface area contributed by atoms with E-state index in [9.17, 15) is 0 Å². The molecular formula is C14H17N3O. The molecule has 2 heterocycles. The summed E-state index contributed by atoms with van der Waals surface area (Å²) >= 11 is 0. The van der Waals surface area contributed by atoms with Crippen LogP contribution in [0, 0.1) is 6.92 Å². The van der Waals surface area contributed by atoms with Crippen LogP contribution in [0.4, 0.5) is 0 Å². The molecule has 0 aliphatic carbocycles. The molecule has 4 nitrogen and oxygen atoms in total. The zero-order valence-corrected chi connectivity index (χ0v) is 10.7. The molecule has 4 heteroatoms. The molecule has 0 radical (unpaired) electrons. The van der Waals surface area contributed by atoms with Crippen molar-refractivity contribution >= 4 is 0 Å². The van der Waals surface area contributed by atoms with E-state index in [0.717, 1.165) is 29.1 Å². The van der Waals surface area contributed by atoms with Gasteiger partial charge in [-0.05, 0) is 31.0 Å². The second kappa shape index (κ2) is 5.60. The van der Waals surface area contributed by atoms with E-state index >= 15 is 0 Å². The summed E-state index contributed by atoms with van der Waals surface area (Å²) in [6.07, 6.45) is 2.56. The molecule has 18 heavy (non-hydrogen) atoms. The summed E-state index contributed by atoms with van der Waals surface area (Å²) in [5.74, 6) is 1.32. The molecule has 0 atom stereocenters. The minimum absolute atomic E-state index is 0.486. The molecule has 0 aliphatic rings. The summed E-state index contributed by atoms with van der Waals surface area (Å²) < 4.78 is 5.74. The highest BCUT2D eigenvalue weighted by atomic mass is 16.5. The maximum Gasteiger partial charge on any atom is 0.219 e. The molecule has 2 aromatic heterocycles. The molecule has 0 fully saturated rings. The van der Waals surface area contributed by atoms with Gasteiger partial charge in [-0.15, -0.1) is 0 Å². The van der Waals surface area contributed by atoms with Crippen molar-refractivity contribution in [3.05, 3.63) is 47.4 Å². The first-order chi connectivity index (χ1) is 8.72. The van der Waals surface area contributed by atoms with Gasteiger partial charge in [-0.25, -0.2) is 4.98 Å². The van der Waals surface area contributed by atoms with Crippen LogP contribution < -0.4 is 10.5 Å². The quantitative estimate of drug-likeness (QED) is 0.896. The molecule has 0 saturated carbocycles. The van der Waals surface area contributed by atoms with Crippen molar-refractivity contribution in [2.45, 2.75) is 26.8 Å². The van der Waals surface area contributed by atoms with Crippen molar-refractivity contribution in [2.24, 2.45) is 5.73 Å². The van der Waals surface area contributed by atoms with Crippen LogP contribution in [0.15, 0.2) is 30.5 Å². The molecular weight excluding hydrogens is 226 g/mol. The third-order valence-electron chi connectivity index (χ3n) is 2.65. The van der Waals surface area contributed by atoms with Gasteiger partial charge in [0.15, 0.2) is 5.75 Å². The van der Waals surface area contributed by atoms with Gasteiger partial charge < -0.3 is 10.5 Å². The van der Waals surface area contributed by atoms with Crippen molar-refractivity contribution in [3.63, 3.8) is 0 Å². The molecule has 0 aromatic carbocycles. The smallest absolute Gasteiger partial charge is 0.219 e. The van der Waals surface area contributed by atoms with Gasteiger partial charge in [-0.3, -0.25) is 4.98 Å². The minimum Gasteiger partial charge on any atom is -0.437 e.